The number of hydrogen-bond donors (Lipinski definition) is 0. The molecule has 4 rings (SSSR count). The van der Waals surface area contributed by atoms with Crippen LogP contribution in [0.2, 0.25) is 0 Å². The van der Waals surface area contributed by atoms with E-state index in [1.807, 2.05) is 31.2 Å². The minimum Gasteiger partial charge on any atom is -0.494 e. The SMILES string of the molecule is C=CCCC1CCC(CCC2CCC(c3ccc4cc(OCC)ccc4c3F)CC2)CC1. The summed E-state index contributed by atoms with van der Waals surface area (Å²) in [6, 6.07) is 9.84. The van der Waals surface area contributed by atoms with Crippen molar-refractivity contribution in [2.75, 3.05) is 6.61 Å². The van der Waals surface area contributed by atoms with Crippen LogP contribution in [0, 0.1) is 23.6 Å². The molecule has 2 fully saturated rings. The van der Waals surface area contributed by atoms with Crippen LogP contribution in [0.4, 0.5) is 4.39 Å². The van der Waals surface area contributed by atoms with Gasteiger partial charge in [-0.25, -0.2) is 4.39 Å². The first-order valence-corrected chi connectivity index (χ1v) is 13.1. The van der Waals surface area contributed by atoms with Gasteiger partial charge in [-0.1, -0.05) is 56.7 Å². The molecule has 2 heteroatoms. The van der Waals surface area contributed by atoms with Crippen molar-refractivity contribution in [1.82, 2.24) is 0 Å². The Morgan fingerprint density at radius 3 is 2.12 bits per heavy atom. The normalized spacial score (nSPS) is 26.2. The van der Waals surface area contributed by atoms with Gasteiger partial charge in [-0.2, -0.15) is 0 Å². The Morgan fingerprint density at radius 2 is 1.50 bits per heavy atom. The van der Waals surface area contributed by atoms with Crippen molar-refractivity contribution in [2.24, 2.45) is 17.8 Å². The van der Waals surface area contributed by atoms with E-state index in [0.29, 0.717) is 12.5 Å². The lowest BCUT2D eigenvalue weighted by Crippen LogP contribution is -2.18. The van der Waals surface area contributed by atoms with Crippen molar-refractivity contribution in [3.63, 3.8) is 0 Å². The van der Waals surface area contributed by atoms with Crippen molar-refractivity contribution in [2.45, 2.75) is 89.9 Å². The van der Waals surface area contributed by atoms with Crippen molar-refractivity contribution < 1.29 is 9.13 Å². The molecule has 0 bridgehead atoms. The summed E-state index contributed by atoms with van der Waals surface area (Å²) in [6.07, 6.45) is 17.9. The molecule has 0 aromatic heterocycles. The van der Waals surface area contributed by atoms with Gasteiger partial charge in [0.1, 0.15) is 11.6 Å². The number of fused-ring (bicyclic) bond motifs is 1. The van der Waals surface area contributed by atoms with Crippen molar-refractivity contribution in [1.29, 1.82) is 0 Å². The highest BCUT2D eigenvalue weighted by Gasteiger charge is 2.27. The molecular weight excluding hydrogens is 395 g/mol. The van der Waals surface area contributed by atoms with Gasteiger partial charge in [0.25, 0.3) is 0 Å². The Morgan fingerprint density at radius 1 is 0.875 bits per heavy atom. The third-order valence-corrected chi connectivity index (χ3v) is 8.28. The Labute approximate surface area is 194 Å². The number of benzene rings is 2. The van der Waals surface area contributed by atoms with Gasteiger partial charge in [-0.05, 0) is 98.3 Å². The van der Waals surface area contributed by atoms with Crippen LogP contribution in [0.3, 0.4) is 0 Å². The lowest BCUT2D eigenvalue weighted by Gasteiger charge is -2.32. The number of allylic oxidation sites excluding steroid dienone is 1. The van der Waals surface area contributed by atoms with Crippen LogP contribution in [-0.4, -0.2) is 6.61 Å². The van der Waals surface area contributed by atoms with E-state index in [9.17, 15) is 0 Å². The first-order chi connectivity index (χ1) is 15.7. The zero-order chi connectivity index (χ0) is 22.3. The van der Waals surface area contributed by atoms with Crippen molar-refractivity contribution >= 4 is 10.8 Å². The summed E-state index contributed by atoms with van der Waals surface area (Å²) in [5, 5.41) is 1.67. The van der Waals surface area contributed by atoms with E-state index in [4.69, 9.17) is 4.74 Å². The van der Waals surface area contributed by atoms with E-state index in [2.05, 4.69) is 18.7 Å². The molecule has 2 saturated carbocycles. The predicted molar refractivity (Wildman–Crippen MR) is 134 cm³/mol. The highest BCUT2D eigenvalue weighted by atomic mass is 19.1. The second-order valence-electron chi connectivity index (χ2n) is 10.3. The quantitative estimate of drug-likeness (QED) is 0.356. The Hall–Kier alpha value is -1.83. The molecule has 0 heterocycles. The van der Waals surface area contributed by atoms with Crippen LogP contribution in [0.25, 0.3) is 10.8 Å². The molecule has 1 nitrogen and oxygen atoms in total. The summed E-state index contributed by atoms with van der Waals surface area (Å²) in [6.45, 7) is 6.47. The van der Waals surface area contributed by atoms with Gasteiger partial charge in [0, 0.05) is 5.39 Å². The monoisotopic (exact) mass is 436 g/mol. The van der Waals surface area contributed by atoms with Crippen molar-refractivity contribution in [3.05, 3.63) is 54.4 Å². The molecule has 0 atom stereocenters. The van der Waals surface area contributed by atoms with Crippen LogP contribution in [0.15, 0.2) is 43.0 Å². The highest BCUT2D eigenvalue weighted by Crippen LogP contribution is 2.42. The molecule has 0 amide bonds. The molecule has 2 aromatic rings. The van der Waals surface area contributed by atoms with E-state index >= 15 is 4.39 Å². The Kier molecular flexibility index (Phi) is 8.27. The Bertz CT molecular complexity index is 872. The van der Waals surface area contributed by atoms with E-state index < -0.39 is 0 Å². The fourth-order valence-electron chi connectivity index (χ4n) is 6.25. The van der Waals surface area contributed by atoms with Crippen LogP contribution < -0.4 is 4.74 Å². The molecule has 0 saturated heterocycles. The maximum absolute atomic E-state index is 15.3. The number of hydrogen-bond acceptors (Lipinski definition) is 1. The lowest BCUT2D eigenvalue weighted by atomic mass is 9.73. The minimum absolute atomic E-state index is 0.0118. The average molecular weight is 437 g/mol. The minimum atomic E-state index is -0.0118. The molecule has 2 aliphatic rings. The van der Waals surface area contributed by atoms with Crippen LogP contribution in [0.5, 0.6) is 5.75 Å². The zero-order valence-electron chi connectivity index (χ0n) is 20.0. The molecule has 32 heavy (non-hydrogen) atoms. The molecule has 174 valence electrons. The highest BCUT2D eigenvalue weighted by molar-refractivity contribution is 5.85. The lowest BCUT2D eigenvalue weighted by molar-refractivity contribution is 0.225. The maximum atomic E-state index is 15.3. The Balaban J connectivity index is 1.26. The molecule has 0 spiro atoms. The second kappa shape index (κ2) is 11.3. The summed E-state index contributed by atoms with van der Waals surface area (Å²) in [7, 11) is 0. The average Bonchev–Trinajstić information content (AvgIpc) is 2.83. The largest absolute Gasteiger partial charge is 0.494 e. The van der Waals surface area contributed by atoms with E-state index in [1.165, 1.54) is 64.2 Å². The van der Waals surface area contributed by atoms with E-state index in [1.54, 1.807) is 0 Å². The second-order valence-corrected chi connectivity index (χ2v) is 10.3. The van der Waals surface area contributed by atoms with Crippen LogP contribution >= 0.6 is 0 Å². The molecule has 0 unspecified atom stereocenters. The first kappa shape index (κ1) is 23.3. The van der Waals surface area contributed by atoms with Gasteiger partial charge in [-0.3, -0.25) is 0 Å². The standard InChI is InChI=1S/C30H41FO/c1-3-5-6-22-7-9-23(10-8-22)11-12-24-13-15-25(16-14-24)28-19-17-26-21-27(32-4-2)18-20-29(26)30(28)31/h3,17-25H,1,4-16H2,2H3. The predicted octanol–water partition coefficient (Wildman–Crippen LogP) is 9.20. The molecule has 0 aliphatic heterocycles. The third-order valence-electron chi connectivity index (χ3n) is 8.28. The van der Waals surface area contributed by atoms with Gasteiger partial charge >= 0.3 is 0 Å². The fraction of sp³-hybridized carbons (Fsp3) is 0.600. The van der Waals surface area contributed by atoms with Gasteiger partial charge in [0.2, 0.25) is 0 Å². The van der Waals surface area contributed by atoms with Crippen molar-refractivity contribution in [3.8, 4) is 5.75 Å². The molecular formula is C30H41FO. The molecule has 0 N–H and O–H groups in total. The smallest absolute Gasteiger partial charge is 0.134 e. The van der Waals surface area contributed by atoms with Crippen LogP contribution in [-0.2, 0) is 0 Å². The topological polar surface area (TPSA) is 9.23 Å². The summed E-state index contributed by atoms with van der Waals surface area (Å²) >= 11 is 0. The maximum Gasteiger partial charge on any atom is 0.134 e. The summed E-state index contributed by atoms with van der Waals surface area (Å²) in [5.41, 5.74) is 0.929. The summed E-state index contributed by atoms with van der Waals surface area (Å²) in [5.74, 6) is 3.93. The fourth-order valence-corrected chi connectivity index (χ4v) is 6.25. The van der Waals surface area contributed by atoms with Gasteiger partial charge in [0.15, 0.2) is 0 Å². The number of ether oxygens (including phenoxy) is 1. The third kappa shape index (κ3) is 5.74. The summed E-state index contributed by atoms with van der Waals surface area (Å²) < 4.78 is 20.9. The number of halogens is 1. The van der Waals surface area contributed by atoms with Crippen LogP contribution in [0.1, 0.15) is 95.5 Å². The number of rotatable bonds is 9. The molecule has 2 aliphatic carbocycles. The zero-order valence-corrected chi connectivity index (χ0v) is 20.0. The summed E-state index contributed by atoms with van der Waals surface area (Å²) in [4.78, 5) is 0. The van der Waals surface area contributed by atoms with Gasteiger partial charge in [0.05, 0.1) is 6.61 Å². The van der Waals surface area contributed by atoms with Gasteiger partial charge < -0.3 is 4.74 Å². The molecule has 0 radical (unpaired) electrons. The van der Waals surface area contributed by atoms with E-state index in [0.717, 1.165) is 52.7 Å². The first-order valence-electron chi connectivity index (χ1n) is 13.1. The molecule has 2 aromatic carbocycles. The van der Waals surface area contributed by atoms with Gasteiger partial charge in [-0.15, -0.1) is 6.58 Å². The van der Waals surface area contributed by atoms with E-state index in [-0.39, 0.29) is 5.82 Å².